The Kier molecular flexibility index (Phi) is 3.47. The predicted octanol–water partition coefficient (Wildman–Crippen LogP) is 3.08. The first kappa shape index (κ1) is 11.0. The molecule has 0 amide bonds. The molecule has 0 aliphatic heterocycles. The van der Waals surface area contributed by atoms with Crippen molar-refractivity contribution in [2.75, 3.05) is 7.11 Å². The third-order valence-electron chi connectivity index (χ3n) is 1.85. The van der Waals surface area contributed by atoms with E-state index in [1.165, 1.54) is 13.2 Å². The molecule has 0 aliphatic carbocycles. The Labute approximate surface area is 86.6 Å². The van der Waals surface area contributed by atoms with Crippen molar-refractivity contribution in [3.63, 3.8) is 0 Å². The molecule has 0 spiro atoms. The van der Waals surface area contributed by atoms with Crippen molar-refractivity contribution in [1.29, 1.82) is 0 Å². The minimum Gasteiger partial charge on any atom is -0.497 e. The minimum atomic E-state index is -0.638. The molecule has 4 heteroatoms. The van der Waals surface area contributed by atoms with Gasteiger partial charge in [0.05, 0.1) is 17.7 Å². The summed E-state index contributed by atoms with van der Waals surface area (Å²) in [5.41, 5.74) is -0.0602. The topological polar surface area (TPSA) is 26.3 Å². The fraction of sp³-hybridized carbons (Fsp3) is 0.300. The van der Waals surface area contributed by atoms with Gasteiger partial charge < -0.3 is 4.74 Å². The molecule has 0 saturated carbocycles. The quantitative estimate of drug-likeness (QED) is 0.726. The van der Waals surface area contributed by atoms with E-state index in [4.69, 9.17) is 16.3 Å². The molecule has 76 valence electrons. The van der Waals surface area contributed by atoms with Gasteiger partial charge in [0.2, 0.25) is 0 Å². The SMILES string of the molecule is CCC(=O)c1c(F)cc(OC)cc1Cl. The lowest BCUT2D eigenvalue weighted by atomic mass is 10.1. The Hall–Kier alpha value is -1.09. The van der Waals surface area contributed by atoms with Crippen molar-refractivity contribution < 1.29 is 13.9 Å². The third-order valence-corrected chi connectivity index (χ3v) is 2.15. The Morgan fingerprint density at radius 1 is 1.57 bits per heavy atom. The summed E-state index contributed by atoms with van der Waals surface area (Å²) < 4.78 is 18.2. The zero-order valence-electron chi connectivity index (χ0n) is 7.93. The van der Waals surface area contributed by atoms with E-state index in [0.29, 0.717) is 5.75 Å². The number of benzene rings is 1. The highest BCUT2D eigenvalue weighted by atomic mass is 35.5. The number of carbonyl (C=O) groups is 1. The van der Waals surface area contributed by atoms with Gasteiger partial charge in [-0.15, -0.1) is 0 Å². The van der Waals surface area contributed by atoms with Crippen molar-refractivity contribution in [3.05, 3.63) is 28.5 Å². The summed E-state index contributed by atoms with van der Waals surface area (Å²) in [6, 6.07) is 2.57. The third kappa shape index (κ3) is 2.04. The van der Waals surface area contributed by atoms with E-state index >= 15 is 0 Å². The van der Waals surface area contributed by atoms with Crippen molar-refractivity contribution in [3.8, 4) is 5.75 Å². The van der Waals surface area contributed by atoms with Crippen LogP contribution in [0, 0.1) is 5.82 Å². The summed E-state index contributed by atoms with van der Waals surface area (Å²) in [5.74, 6) is -0.642. The van der Waals surface area contributed by atoms with Crippen LogP contribution >= 0.6 is 11.6 Å². The van der Waals surface area contributed by atoms with E-state index in [2.05, 4.69) is 0 Å². The Morgan fingerprint density at radius 2 is 2.21 bits per heavy atom. The van der Waals surface area contributed by atoms with Crippen LogP contribution in [0.3, 0.4) is 0 Å². The van der Waals surface area contributed by atoms with E-state index < -0.39 is 5.82 Å². The predicted molar refractivity (Wildman–Crippen MR) is 52.6 cm³/mol. The van der Waals surface area contributed by atoms with Gasteiger partial charge in [-0.2, -0.15) is 0 Å². The first-order chi connectivity index (χ1) is 6.60. The molecule has 2 nitrogen and oxygen atoms in total. The van der Waals surface area contributed by atoms with Crippen LogP contribution in [0.5, 0.6) is 5.75 Å². The van der Waals surface area contributed by atoms with Gasteiger partial charge in [-0.3, -0.25) is 4.79 Å². The molecule has 1 rings (SSSR count). The second-order valence-electron chi connectivity index (χ2n) is 2.74. The number of methoxy groups -OCH3 is 1. The van der Waals surface area contributed by atoms with Gasteiger partial charge in [0.15, 0.2) is 5.78 Å². The van der Waals surface area contributed by atoms with Crippen LogP contribution in [0.4, 0.5) is 4.39 Å². The molecule has 1 aromatic rings. The first-order valence-corrected chi connectivity index (χ1v) is 4.54. The smallest absolute Gasteiger partial charge is 0.167 e. The lowest BCUT2D eigenvalue weighted by Crippen LogP contribution is -2.02. The molecule has 0 aliphatic rings. The van der Waals surface area contributed by atoms with Crippen molar-refractivity contribution in [2.45, 2.75) is 13.3 Å². The van der Waals surface area contributed by atoms with E-state index in [-0.39, 0.29) is 22.8 Å². The summed E-state index contributed by atoms with van der Waals surface area (Å²) in [7, 11) is 1.41. The van der Waals surface area contributed by atoms with Crippen molar-refractivity contribution >= 4 is 17.4 Å². The van der Waals surface area contributed by atoms with Crippen LogP contribution in [0.25, 0.3) is 0 Å². The average molecular weight is 217 g/mol. The summed E-state index contributed by atoms with van der Waals surface area (Å²) >= 11 is 5.75. The maximum absolute atomic E-state index is 13.4. The van der Waals surface area contributed by atoms with Gasteiger partial charge in [0, 0.05) is 12.5 Å². The molecule has 14 heavy (non-hydrogen) atoms. The van der Waals surface area contributed by atoms with Crippen molar-refractivity contribution in [1.82, 2.24) is 0 Å². The molecule has 0 radical (unpaired) electrons. The van der Waals surface area contributed by atoms with Gasteiger partial charge in [0.1, 0.15) is 11.6 Å². The maximum atomic E-state index is 13.4. The van der Waals surface area contributed by atoms with Gasteiger partial charge in [0.25, 0.3) is 0 Å². The number of hydrogen-bond donors (Lipinski definition) is 0. The van der Waals surface area contributed by atoms with E-state index in [0.717, 1.165) is 6.07 Å². The number of rotatable bonds is 3. The fourth-order valence-electron chi connectivity index (χ4n) is 1.11. The molecule has 0 heterocycles. The Balaban J connectivity index is 3.25. The Morgan fingerprint density at radius 3 is 2.64 bits per heavy atom. The van der Waals surface area contributed by atoms with Crippen LogP contribution in [-0.4, -0.2) is 12.9 Å². The zero-order chi connectivity index (χ0) is 10.7. The van der Waals surface area contributed by atoms with Crippen LogP contribution in [-0.2, 0) is 0 Å². The highest BCUT2D eigenvalue weighted by Crippen LogP contribution is 2.26. The largest absolute Gasteiger partial charge is 0.497 e. The van der Waals surface area contributed by atoms with E-state index in [1.54, 1.807) is 6.92 Å². The van der Waals surface area contributed by atoms with Crippen molar-refractivity contribution in [2.24, 2.45) is 0 Å². The van der Waals surface area contributed by atoms with E-state index in [1.807, 2.05) is 0 Å². The monoisotopic (exact) mass is 216 g/mol. The second-order valence-corrected chi connectivity index (χ2v) is 3.15. The van der Waals surface area contributed by atoms with Crippen LogP contribution in [0.15, 0.2) is 12.1 Å². The minimum absolute atomic E-state index is 0.0602. The molecule has 0 fully saturated rings. The summed E-state index contributed by atoms with van der Waals surface area (Å²) in [6.07, 6.45) is 0.225. The number of halogens is 2. The number of carbonyl (C=O) groups excluding carboxylic acids is 1. The van der Waals surface area contributed by atoms with Gasteiger partial charge in [-0.05, 0) is 6.07 Å². The number of hydrogen-bond acceptors (Lipinski definition) is 2. The molecule has 0 N–H and O–H groups in total. The summed E-state index contributed by atoms with van der Waals surface area (Å²) in [6.45, 7) is 1.66. The zero-order valence-corrected chi connectivity index (χ0v) is 8.69. The van der Waals surface area contributed by atoms with Crippen LogP contribution in [0.1, 0.15) is 23.7 Å². The molecule has 0 aromatic heterocycles. The summed E-state index contributed by atoms with van der Waals surface area (Å²) in [5, 5.41) is 0.0914. The lowest BCUT2D eigenvalue weighted by molar-refractivity contribution is 0.0984. The molecular weight excluding hydrogens is 207 g/mol. The highest BCUT2D eigenvalue weighted by molar-refractivity contribution is 6.34. The second kappa shape index (κ2) is 4.42. The van der Waals surface area contributed by atoms with Crippen LogP contribution in [0.2, 0.25) is 5.02 Å². The van der Waals surface area contributed by atoms with E-state index in [9.17, 15) is 9.18 Å². The first-order valence-electron chi connectivity index (χ1n) is 4.16. The molecule has 0 saturated heterocycles. The molecule has 0 unspecified atom stereocenters. The maximum Gasteiger partial charge on any atom is 0.167 e. The van der Waals surface area contributed by atoms with Crippen LogP contribution < -0.4 is 4.74 Å². The average Bonchev–Trinajstić information content (AvgIpc) is 2.16. The molecule has 0 atom stereocenters. The standard InChI is InChI=1S/C10H10ClFO2/c1-3-9(13)10-7(11)4-6(14-2)5-8(10)12/h4-5H,3H2,1-2H3. The molecular formula is C10H10ClFO2. The van der Waals surface area contributed by atoms with Gasteiger partial charge >= 0.3 is 0 Å². The number of ether oxygens (including phenoxy) is 1. The fourth-order valence-corrected chi connectivity index (χ4v) is 1.41. The normalized spacial score (nSPS) is 10.0. The molecule has 0 bridgehead atoms. The number of Topliss-reactive ketones (excluding diaryl/α,β-unsaturated/α-hetero) is 1. The Bertz CT molecular complexity index is 340. The van der Waals surface area contributed by atoms with Gasteiger partial charge in [-0.1, -0.05) is 18.5 Å². The molecule has 1 aromatic carbocycles. The summed E-state index contributed by atoms with van der Waals surface area (Å²) in [4.78, 5) is 11.3. The lowest BCUT2D eigenvalue weighted by Gasteiger charge is -2.06. The highest BCUT2D eigenvalue weighted by Gasteiger charge is 2.15. The number of ketones is 1. The van der Waals surface area contributed by atoms with Gasteiger partial charge in [-0.25, -0.2) is 4.39 Å².